The van der Waals surface area contributed by atoms with Crippen LogP contribution in [0.5, 0.6) is 0 Å². The summed E-state index contributed by atoms with van der Waals surface area (Å²) in [7, 11) is 0. The Balaban J connectivity index is 1.40. The van der Waals surface area contributed by atoms with Crippen molar-refractivity contribution in [3.05, 3.63) is 150 Å². The molecule has 0 saturated heterocycles. The highest BCUT2D eigenvalue weighted by atomic mass is 16.1. The van der Waals surface area contributed by atoms with Gasteiger partial charge in [0.25, 0.3) is 5.56 Å². The van der Waals surface area contributed by atoms with Gasteiger partial charge in [-0.3, -0.25) is 13.8 Å². The van der Waals surface area contributed by atoms with Crippen molar-refractivity contribution in [2.24, 2.45) is 0 Å². The molecule has 0 atom stereocenters. The molecule has 4 aromatic heterocycles. The molecule has 0 saturated carbocycles. The molecule has 0 aliphatic heterocycles. The van der Waals surface area contributed by atoms with Crippen LogP contribution in [0.2, 0.25) is 0 Å². The van der Waals surface area contributed by atoms with Gasteiger partial charge < -0.3 is 0 Å². The van der Waals surface area contributed by atoms with Gasteiger partial charge in [0.05, 0.1) is 38.7 Å². The molecule has 6 heteroatoms. The maximum Gasteiger partial charge on any atom is 0.266 e. The van der Waals surface area contributed by atoms with Crippen molar-refractivity contribution in [1.29, 1.82) is 0 Å². The van der Waals surface area contributed by atoms with Crippen molar-refractivity contribution in [3.8, 4) is 17.2 Å². The van der Waals surface area contributed by atoms with E-state index in [4.69, 9.17) is 15.0 Å². The molecule has 6 nitrogen and oxygen atoms in total. The van der Waals surface area contributed by atoms with E-state index in [1.165, 1.54) is 0 Å². The number of aromatic nitrogens is 5. The Labute approximate surface area is 261 Å². The summed E-state index contributed by atoms with van der Waals surface area (Å²) in [6.07, 6.45) is 0. The van der Waals surface area contributed by atoms with Crippen LogP contribution in [0.1, 0.15) is 0 Å². The van der Waals surface area contributed by atoms with Gasteiger partial charge in [-0.1, -0.05) is 97.1 Å². The predicted molar refractivity (Wildman–Crippen MR) is 187 cm³/mol. The van der Waals surface area contributed by atoms with Gasteiger partial charge in [-0.05, 0) is 47.9 Å². The Kier molecular flexibility index (Phi) is 5.05. The molecular weight excluding hydrogens is 566 g/mol. The Morgan fingerprint density at radius 2 is 1.04 bits per heavy atom. The molecule has 214 valence electrons. The second kappa shape index (κ2) is 9.30. The number of hydrogen-bond donors (Lipinski definition) is 0. The summed E-state index contributed by atoms with van der Waals surface area (Å²) < 4.78 is 3.91. The van der Waals surface area contributed by atoms with Crippen LogP contribution in [0.15, 0.2) is 144 Å². The zero-order valence-corrected chi connectivity index (χ0v) is 24.4. The first kappa shape index (κ1) is 25.0. The Morgan fingerprint density at radius 1 is 0.435 bits per heavy atom. The van der Waals surface area contributed by atoms with E-state index in [-0.39, 0.29) is 5.56 Å². The summed E-state index contributed by atoms with van der Waals surface area (Å²) in [5, 5.41) is 6.70. The fourth-order valence-electron chi connectivity index (χ4n) is 7.05. The number of hydrogen-bond acceptors (Lipinski definition) is 4. The van der Waals surface area contributed by atoms with E-state index in [9.17, 15) is 4.79 Å². The largest absolute Gasteiger partial charge is 0.278 e. The minimum absolute atomic E-state index is 0.0790. The topological polar surface area (TPSA) is 65.1 Å². The summed E-state index contributed by atoms with van der Waals surface area (Å²) >= 11 is 0. The summed E-state index contributed by atoms with van der Waals surface area (Å²) in [6.45, 7) is 0. The van der Waals surface area contributed by atoms with Gasteiger partial charge in [-0.15, -0.1) is 0 Å². The van der Waals surface area contributed by atoms with E-state index in [0.29, 0.717) is 22.5 Å². The lowest BCUT2D eigenvalue weighted by atomic mass is 10.0. The van der Waals surface area contributed by atoms with E-state index in [1.54, 1.807) is 4.40 Å². The lowest BCUT2D eigenvalue weighted by molar-refractivity contribution is 1.01. The number of fused-ring (bicyclic) bond motifs is 11. The zero-order chi connectivity index (χ0) is 30.4. The van der Waals surface area contributed by atoms with Crippen molar-refractivity contribution in [2.45, 2.75) is 0 Å². The third-order valence-electron chi connectivity index (χ3n) is 9.10. The molecule has 0 aliphatic carbocycles. The van der Waals surface area contributed by atoms with Crippen LogP contribution in [0.25, 0.3) is 88.1 Å². The smallest absolute Gasteiger partial charge is 0.266 e. The third-order valence-corrected chi connectivity index (χ3v) is 9.10. The number of benzene rings is 6. The second-order valence-electron chi connectivity index (χ2n) is 11.6. The Bertz CT molecular complexity index is 2940. The molecule has 6 aromatic carbocycles. The molecule has 0 bridgehead atoms. The molecule has 0 fully saturated rings. The second-order valence-corrected chi connectivity index (χ2v) is 11.6. The zero-order valence-electron chi connectivity index (χ0n) is 24.4. The van der Waals surface area contributed by atoms with Gasteiger partial charge in [0.1, 0.15) is 5.65 Å². The van der Waals surface area contributed by atoms with E-state index in [2.05, 4.69) is 65.2 Å². The van der Waals surface area contributed by atoms with Crippen molar-refractivity contribution in [2.75, 3.05) is 0 Å². The maximum absolute atomic E-state index is 14.0. The van der Waals surface area contributed by atoms with Gasteiger partial charge in [-0.2, -0.15) is 0 Å². The van der Waals surface area contributed by atoms with Crippen LogP contribution in [-0.4, -0.2) is 23.9 Å². The van der Waals surface area contributed by atoms with Crippen molar-refractivity contribution in [3.63, 3.8) is 0 Å². The van der Waals surface area contributed by atoms with Crippen LogP contribution in [0.3, 0.4) is 0 Å². The third kappa shape index (κ3) is 3.41. The number of para-hydroxylation sites is 4. The summed E-state index contributed by atoms with van der Waals surface area (Å²) in [6, 6.07) is 46.8. The van der Waals surface area contributed by atoms with Gasteiger partial charge in [0, 0.05) is 32.5 Å². The van der Waals surface area contributed by atoms with Crippen LogP contribution in [0, 0.1) is 0 Å². The van der Waals surface area contributed by atoms with Gasteiger partial charge in [0.15, 0.2) is 0 Å². The maximum atomic E-state index is 14.0. The molecule has 10 aromatic rings. The summed E-state index contributed by atoms with van der Waals surface area (Å²) in [4.78, 5) is 29.5. The SMILES string of the molecule is O=c1c2ccccc2nc2c3cc4c(cc3c3ccccc3n12)c1ccccc1n4-c1nc(-c2ccccc2)c2ccccc2n1. The van der Waals surface area contributed by atoms with E-state index in [0.717, 1.165) is 65.6 Å². The quantitative estimate of drug-likeness (QED) is 0.149. The number of pyridine rings is 1. The van der Waals surface area contributed by atoms with E-state index in [1.807, 2.05) is 78.9 Å². The monoisotopic (exact) mass is 589 g/mol. The van der Waals surface area contributed by atoms with Crippen LogP contribution < -0.4 is 5.56 Å². The normalized spacial score (nSPS) is 12.0. The Morgan fingerprint density at radius 3 is 1.83 bits per heavy atom. The standard InChI is InChI=1S/C40H23N5O/c46-39-28-17-5-9-19-33(28)41-38-31-23-36-30(22-29(31)25-14-6-11-21-35(25)45(38)39)26-15-7-10-20-34(26)44(36)40-42-32-18-8-4-16-27(32)37(43-40)24-12-2-1-3-13-24/h1-23H. The fourth-order valence-corrected chi connectivity index (χ4v) is 7.05. The Hall–Kier alpha value is -6.40. The van der Waals surface area contributed by atoms with E-state index < -0.39 is 0 Å². The van der Waals surface area contributed by atoms with Crippen molar-refractivity contribution >= 4 is 70.9 Å². The molecular formula is C40H23N5O. The first-order valence-electron chi connectivity index (χ1n) is 15.3. The molecule has 0 amide bonds. The lowest BCUT2D eigenvalue weighted by Crippen LogP contribution is -2.16. The van der Waals surface area contributed by atoms with Crippen LogP contribution >= 0.6 is 0 Å². The molecule has 0 radical (unpaired) electrons. The number of rotatable bonds is 2. The van der Waals surface area contributed by atoms with Crippen molar-refractivity contribution < 1.29 is 0 Å². The summed E-state index contributed by atoms with van der Waals surface area (Å²) in [5.41, 5.74) is 6.79. The molecule has 0 aliphatic rings. The van der Waals surface area contributed by atoms with Crippen LogP contribution in [-0.2, 0) is 0 Å². The highest BCUT2D eigenvalue weighted by molar-refractivity contribution is 6.21. The first-order valence-corrected chi connectivity index (χ1v) is 15.3. The minimum Gasteiger partial charge on any atom is -0.278 e. The van der Waals surface area contributed by atoms with Crippen molar-refractivity contribution in [1.82, 2.24) is 23.9 Å². The van der Waals surface area contributed by atoms with Gasteiger partial charge in [-0.25, -0.2) is 15.0 Å². The van der Waals surface area contributed by atoms with Gasteiger partial charge >= 0.3 is 0 Å². The highest BCUT2D eigenvalue weighted by Crippen LogP contribution is 2.38. The first-order chi connectivity index (χ1) is 22.7. The van der Waals surface area contributed by atoms with Crippen LogP contribution in [0.4, 0.5) is 0 Å². The highest BCUT2D eigenvalue weighted by Gasteiger charge is 2.20. The lowest BCUT2D eigenvalue weighted by Gasteiger charge is -2.14. The number of nitrogens with zero attached hydrogens (tertiary/aromatic N) is 5. The van der Waals surface area contributed by atoms with E-state index >= 15 is 0 Å². The molecule has 0 unspecified atom stereocenters. The molecule has 4 heterocycles. The summed E-state index contributed by atoms with van der Waals surface area (Å²) in [5.74, 6) is 0.587. The molecule has 46 heavy (non-hydrogen) atoms. The predicted octanol–water partition coefficient (Wildman–Crippen LogP) is 8.86. The van der Waals surface area contributed by atoms with Gasteiger partial charge in [0.2, 0.25) is 5.95 Å². The molecule has 0 spiro atoms. The average molecular weight is 590 g/mol. The minimum atomic E-state index is -0.0790. The fraction of sp³-hybridized carbons (Fsp3) is 0. The average Bonchev–Trinajstić information content (AvgIpc) is 3.44. The molecule has 10 rings (SSSR count). The molecule has 0 N–H and O–H groups in total.